The summed E-state index contributed by atoms with van der Waals surface area (Å²) in [5.41, 5.74) is -0.0524. The van der Waals surface area contributed by atoms with Crippen molar-refractivity contribution in [3.8, 4) is 0 Å². The van der Waals surface area contributed by atoms with Gasteiger partial charge in [-0.2, -0.15) is 0 Å². The molecule has 2 rings (SSSR count). The number of rotatable bonds is 7. The van der Waals surface area contributed by atoms with E-state index in [9.17, 15) is 5.11 Å². The number of likely N-dealkylation sites (N-methyl/N-ethyl adjacent to an activating group) is 1. The van der Waals surface area contributed by atoms with Crippen LogP contribution in [0.15, 0.2) is 0 Å². The molecule has 3 nitrogen and oxygen atoms in total. The Morgan fingerprint density at radius 2 is 1.95 bits per heavy atom. The third kappa shape index (κ3) is 3.96. The Balaban J connectivity index is 1.72. The number of aliphatic hydroxyl groups excluding tert-OH is 1. The smallest absolute Gasteiger partial charge is 0.0613 e. The first-order valence-corrected chi connectivity index (χ1v) is 8.75. The van der Waals surface area contributed by atoms with Crippen molar-refractivity contribution in [1.82, 2.24) is 10.2 Å². The van der Waals surface area contributed by atoms with Crippen LogP contribution in [0.1, 0.15) is 58.3 Å². The van der Waals surface area contributed by atoms with Gasteiger partial charge >= 0.3 is 0 Å². The van der Waals surface area contributed by atoms with E-state index in [-0.39, 0.29) is 12.1 Å². The molecule has 0 bridgehead atoms. The first-order valence-electron chi connectivity index (χ1n) is 8.75. The monoisotopic (exact) mass is 282 g/mol. The fourth-order valence-electron chi connectivity index (χ4n) is 4.27. The van der Waals surface area contributed by atoms with E-state index in [0.29, 0.717) is 0 Å². The summed E-state index contributed by atoms with van der Waals surface area (Å²) in [5.74, 6) is 2.01. The van der Waals surface area contributed by atoms with Gasteiger partial charge in [0.25, 0.3) is 0 Å². The van der Waals surface area contributed by atoms with Crippen molar-refractivity contribution in [2.75, 3.05) is 33.3 Å². The van der Waals surface area contributed by atoms with E-state index in [4.69, 9.17) is 0 Å². The molecule has 2 aliphatic rings. The van der Waals surface area contributed by atoms with Gasteiger partial charge in [-0.15, -0.1) is 0 Å². The molecule has 0 aromatic carbocycles. The lowest BCUT2D eigenvalue weighted by Gasteiger charge is -2.41. The van der Waals surface area contributed by atoms with Crippen molar-refractivity contribution in [2.45, 2.75) is 63.8 Å². The van der Waals surface area contributed by atoms with E-state index in [0.717, 1.165) is 24.7 Å². The summed E-state index contributed by atoms with van der Waals surface area (Å²) >= 11 is 0. The zero-order valence-corrected chi connectivity index (χ0v) is 13.5. The molecule has 1 aliphatic heterocycles. The second-order valence-electron chi connectivity index (χ2n) is 7.04. The van der Waals surface area contributed by atoms with Gasteiger partial charge in [-0.05, 0) is 64.1 Å². The molecule has 3 unspecified atom stereocenters. The van der Waals surface area contributed by atoms with Crippen molar-refractivity contribution < 1.29 is 5.11 Å². The summed E-state index contributed by atoms with van der Waals surface area (Å²) in [4.78, 5) is 2.68. The summed E-state index contributed by atoms with van der Waals surface area (Å²) < 4.78 is 0. The van der Waals surface area contributed by atoms with Gasteiger partial charge in [0, 0.05) is 12.1 Å². The van der Waals surface area contributed by atoms with Crippen LogP contribution in [0.5, 0.6) is 0 Å². The minimum absolute atomic E-state index is 0.0524. The Morgan fingerprint density at radius 3 is 2.60 bits per heavy atom. The maximum absolute atomic E-state index is 9.59. The van der Waals surface area contributed by atoms with Gasteiger partial charge in [0.2, 0.25) is 0 Å². The van der Waals surface area contributed by atoms with Crippen molar-refractivity contribution >= 4 is 0 Å². The fraction of sp³-hybridized carbons (Fsp3) is 1.00. The zero-order chi connectivity index (χ0) is 14.4. The molecule has 0 aromatic heterocycles. The van der Waals surface area contributed by atoms with Gasteiger partial charge in [0.15, 0.2) is 0 Å². The van der Waals surface area contributed by atoms with Gasteiger partial charge < -0.3 is 15.3 Å². The predicted octanol–water partition coefficient (Wildman–Crippen LogP) is 2.64. The maximum Gasteiger partial charge on any atom is 0.0613 e. The first-order chi connectivity index (χ1) is 9.73. The van der Waals surface area contributed by atoms with Crippen molar-refractivity contribution in [2.24, 2.45) is 11.8 Å². The maximum atomic E-state index is 9.59. The number of nitrogens with zero attached hydrogens (tertiary/aromatic N) is 1. The van der Waals surface area contributed by atoms with E-state index < -0.39 is 0 Å². The number of likely N-dealkylation sites (tertiary alicyclic amines) is 1. The van der Waals surface area contributed by atoms with Crippen molar-refractivity contribution in [3.05, 3.63) is 0 Å². The highest BCUT2D eigenvalue weighted by Gasteiger charge is 2.31. The van der Waals surface area contributed by atoms with Crippen LogP contribution < -0.4 is 5.32 Å². The normalized spacial score (nSPS) is 30.8. The molecule has 2 fully saturated rings. The van der Waals surface area contributed by atoms with Gasteiger partial charge in [-0.1, -0.05) is 26.2 Å². The Bertz CT molecular complexity index is 270. The molecule has 1 saturated carbocycles. The number of hydrogen-bond acceptors (Lipinski definition) is 3. The van der Waals surface area contributed by atoms with Crippen LogP contribution in [0.3, 0.4) is 0 Å². The second-order valence-corrected chi connectivity index (χ2v) is 7.04. The summed E-state index contributed by atoms with van der Waals surface area (Å²) in [5, 5.41) is 12.9. The van der Waals surface area contributed by atoms with E-state index in [1.807, 2.05) is 7.05 Å². The summed E-state index contributed by atoms with van der Waals surface area (Å²) in [7, 11) is 1.98. The van der Waals surface area contributed by atoms with Crippen LogP contribution in [0.25, 0.3) is 0 Å². The average Bonchev–Trinajstić information content (AvgIpc) is 2.52. The summed E-state index contributed by atoms with van der Waals surface area (Å²) in [6.07, 6.45) is 10.6. The molecule has 1 saturated heterocycles. The van der Waals surface area contributed by atoms with E-state index in [1.54, 1.807) is 0 Å². The molecule has 0 radical (unpaired) electrons. The van der Waals surface area contributed by atoms with Crippen LogP contribution in [-0.2, 0) is 0 Å². The third-order valence-electron chi connectivity index (χ3n) is 6.01. The number of hydrogen-bond donors (Lipinski definition) is 2. The lowest BCUT2D eigenvalue weighted by Crippen LogP contribution is -2.47. The molecule has 0 aromatic rings. The van der Waals surface area contributed by atoms with Crippen molar-refractivity contribution in [1.29, 1.82) is 0 Å². The quantitative estimate of drug-likeness (QED) is 0.753. The van der Waals surface area contributed by atoms with Crippen LogP contribution in [0, 0.1) is 11.8 Å². The predicted molar refractivity (Wildman–Crippen MR) is 84.9 cm³/mol. The SMILES string of the molecule is CCC(CO)(CCCN1CCC2CCCCC2C1)NC. The molecule has 3 heteroatoms. The van der Waals surface area contributed by atoms with Gasteiger partial charge in [-0.3, -0.25) is 0 Å². The third-order valence-corrected chi connectivity index (χ3v) is 6.01. The topological polar surface area (TPSA) is 35.5 Å². The molecule has 3 atom stereocenters. The Morgan fingerprint density at radius 1 is 1.20 bits per heavy atom. The molecule has 2 N–H and O–H groups in total. The summed E-state index contributed by atoms with van der Waals surface area (Å²) in [6.45, 7) is 6.28. The van der Waals surface area contributed by atoms with E-state index in [1.165, 1.54) is 58.2 Å². The van der Waals surface area contributed by atoms with Crippen LogP contribution >= 0.6 is 0 Å². The standard InChI is InChI=1S/C17H34N2O/c1-3-17(14-20,18-2)10-6-11-19-12-9-15-7-4-5-8-16(15)13-19/h15-16,18,20H,3-14H2,1-2H3. The van der Waals surface area contributed by atoms with Gasteiger partial charge in [0.1, 0.15) is 0 Å². The average molecular weight is 282 g/mol. The molecule has 0 spiro atoms. The Labute approximate surface area is 125 Å². The van der Waals surface area contributed by atoms with Crippen LogP contribution in [-0.4, -0.2) is 48.8 Å². The largest absolute Gasteiger partial charge is 0.394 e. The van der Waals surface area contributed by atoms with Gasteiger partial charge in [0.05, 0.1) is 6.61 Å². The lowest BCUT2D eigenvalue weighted by atomic mass is 9.75. The van der Waals surface area contributed by atoms with Crippen LogP contribution in [0.4, 0.5) is 0 Å². The number of nitrogens with one attached hydrogen (secondary N) is 1. The summed E-state index contributed by atoms with van der Waals surface area (Å²) in [6, 6.07) is 0. The Hall–Kier alpha value is -0.120. The molecular weight excluding hydrogens is 248 g/mol. The molecule has 0 amide bonds. The highest BCUT2D eigenvalue weighted by Crippen LogP contribution is 2.36. The number of aliphatic hydroxyl groups is 1. The minimum Gasteiger partial charge on any atom is -0.394 e. The highest BCUT2D eigenvalue weighted by atomic mass is 16.3. The molecular formula is C17H34N2O. The number of piperidine rings is 1. The molecule has 1 aliphatic carbocycles. The molecule has 1 heterocycles. The first kappa shape index (κ1) is 16.3. The molecule has 118 valence electrons. The number of fused-ring (bicyclic) bond motifs is 1. The van der Waals surface area contributed by atoms with E-state index >= 15 is 0 Å². The van der Waals surface area contributed by atoms with Crippen molar-refractivity contribution in [3.63, 3.8) is 0 Å². The lowest BCUT2D eigenvalue weighted by molar-refractivity contribution is 0.0806. The van der Waals surface area contributed by atoms with Crippen LogP contribution in [0.2, 0.25) is 0 Å². The Kier molecular flexibility index (Phi) is 6.31. The minimum atomic E-state index is -0.0524. The zero-order valence-electron chi connectivity index (χ0n) is 13.5. The molecule has 20 heavy (non-hydrogen) atoms. The highest BCUT2D eigenvalue weighted by molar-refractivity contribution is 4.86. The second kappa shape index (κ2) is 7.77. The van der Waals surface area contributed by atoms with E-state index in [2.05, 4.69) is 17.1 Å². The fourth-order valence-corrected chi connectivity index (χ4v) is 4.27. The van der Waals surface area contributed by atoms with Gasteiger partial charge in [-0.25, -0.2) is 0 Å².